The van der Waals surface area contributed by atoms with Gasteiger partial charge >= 0.3 is 12.5 Å². The molecule has 74 valence electrons. The number of ether oxygens (including phenoxy) is 1. The van der Waals surface area contributed by atoms with Gasteiger partial charge in [0, 0.05) is 0 Å². The zero-order valence-electron chi connectivity index (χ0n) is 4.93. The molecule has 0 aliphatic carbocycles. The van der Waals surface area contributed by atoms with Crippen molar-refractivity contribution in [2.45, 2.75) is 15.2 Å². The summed E-state index contributed by atoms with van der Waals surface area (Å²) in [6, 6.07) is 0. The van der Waals surface area contributed by atoms with Crippen molar-refractivity contribution in [1.82, 2.24) is 0 Å². The fourth-order valence-electron chi connectivity index (χ4n) is 0.203. The van der Waals surface area contributed by atoms with Gasteiger partial charge in [0.2, 0.25) is 2.69 Å². The van der Waals surface area contributed by atoms with Crippen LogP contribution >= 0.6 is 43.5 Å². The lowest BCUT2D eigenvalue weighted by atomic mass is 10.7. The maximum Gasteiger partial charge on any atom is 0.527 e. The van der Waals surface area contributed by atoms with E-state index in [1.165, 1.54) is 0 Å². The molecular weight excluding hydrogens is 342 g/mol. The van der Waals surface area contributed by atoms with Gasteiger partial charge in [-0.2, -0.15) is 8.78 Å². The Morgan fingerprint density at radius 2 is 1.33 bits per heavy atom. The molecule has 0 unspecified atom stereocenters. The van der Waals surface area contributed by atoms with E-state index in [9.17, 15) is 22.0 Å². The van der Waals surface area contributed by atoms with Gasteiger partial charge in [-0.05, 0) is 31.9 Å². The number of hydrogen-bond donors (Lipinski definition) is 0. The molecule has 0 bridgehead atoms. The molecule has 0 aromatic rings. The fourth-order valence-corrected chi connectivity index (χ4v) is 0.404. The summed E-state index contributed by atoms with van der Waals surface area (Å²) < 4.78 is 58.0. The van der Waals surface area contributed by atoms with Crippen LogP contribution in [0.25, 0.3) is 0 Å². The molecular formula is C3Br2ClF5O. The van der Waals surface area contributed by atoms with E-state index in [1.54, 1.807) is 0 Å². The number of rotatable bonds is 2. The normalized spacial score (nSPS) is 15.0. The lowest BCUT2D eigenvalue weighted by molar-refractivity contribution is -0.421. The van der Waals surface area contributed by atoms with Crippen LogP contribution in [0.2, 0.25) is 0 Å². The second-order valence-corrected chi connectivity index (χ2v) is 6.49. The van der Waals surface area contributed by atoms with E-state index < -0.39 is 15.2 Å². The van der Waals surface area contributed by atoms with Crippen molar-refractivity contribution in [1.29, 1.82) is 0 Å². The number of hydrogen-bond acceptors (Lipinski definition) is 1. The summed E-state index contributed by atoms with van der Waals surface area (Å²) in [6.45, 7) is 0. The third-order valence-electron chi connectivity index (χ3n) is 0.574. The largest absolute Gasteiger partial charge is 0.527 e. The Bertz CT molecular complexity index is 163. The minimum Gasteiger partial charge on any atom is -0.223 e. The molecule has 9 heteroatoms. The topological polar surface area (TPSA) is 9.23 Å². The molecule has 0 saturated heterocycles. The van der Waals surface area contributed by atoms with Crippen molar-refractivity contribution in [3.8, 4) is 0 Å². The van der Waals surface area contributed by atoms with Crippen LogP contribution in [0.1, 0.15) is 0 Å². The smallest absolute Gasteiger partial charge is 0.223 e. The van der Waals surface area contributed by atoms with Gasteiger partial charge in [-0.15, -0.1) is 13.2 Å². The molecule has 0 aromatic carbocycles. The Morgan fingerprint density at radius 1 is 1.00 bits per heavy atom. The van der Waals surface area contributed by atoms with E-state index >= 15 is 0 Å². The second-order valence-electron chi connectivity index (χ2n) is 1.56. The van der Waals surface area contributed by atoms with Crippen molar-refractivity contribution < 1.29 is 26.7 Å². The van der Waals surface area contributed by atoms with Crippen LogP contribution in [0.3, 0.4) is 0 Å². The Labute approximate surface area is 85.4 Å². The highest BCUT2D eigenvalue weighted by atomic mass is 79.9. The molecule has 0 spiro atoms. The van der Waals surface area contributed by atoms with Crippen molar-refractivity contribution in [3.05, 3.63) is 0 Å². The molecule has 0 N–H and O–H groups in total. The first kappa shape index (κ1) is 12.9. The van der Waals surface area contributed by atoms with Gasteiger partial charge in [-0.1, -0.05) is 11.6 Å². The summed E-state index contributed by atoms with van der Waals surface area (Å²) in [4.78, 5) is 0. The molecule has 0 heterocycles. The first-order chi connectivity index (χ1) is 4.96. The van der Waals surface area contributed by atoms with Gasteiger partial charge in [-0.25, -0.2) is 4.74 Å². The molecule has 12 heavy (non-hydrogen) atoms. The van der Waals surface area contributed by atoms with E-state index in [1.807, 2.05) is 0 Å². The third-order valence-corrected chi connectivity index (χ3v) is 1.72. The summed E-state index contributed by atoms with van der Waals surface area (Å²) in [5.41, 5.74) is 0. The molecule has 0 amide bonds. The van der Waals surface area contributed by atoms with Crippen LogP contribution in [0, 0.1) is 0 Å². The van der Waals surface area contributed by atoms with E-state index in [0.717, 1.165) is 0 Å². The van der Waals surface area contributed by atoms with Crippen LogP contribution < -0.4 is 0 Å². The second kappa shape index (κ2) is 3.55. The van der Waals surface area contributed by atoms with Gasteiger partial charge in [-0.3, -0.25) is 0 Å². The maximum absolute atomic E-state index is 12.3. The Morgan fingerprint density at radius 3 is 1.42 bits per heavy atom. The first-order valence-corrected chi connectivity index (χ1v) is 4.13. The van der Waals surface area contributed by atoms with Gasteiger partial charge in [0.1, 0.15) is 0 Å². The summed E-state index contributed by atoms with van der Waals surface area (Å²) >= 11 is 8.91. The molecule has 0 radical (unpaired) electrons. The minimum absolute atomic E-state index is 2.06. The number of halogens is 8. The summed E-state index contributed by atoms with van der Waals surface area (Å²) in [7, 11) is 0. The summed E-state index contributed by atoms with van der Waals surface area (Å²) in [5, 5.41) is 0. The van der Waals surface area contributed by atoms with E-state index in [2.05, 4.69) is 36.6 Å². The SMILES string of the molecule is FC(F)(F)OC(F)(F)C(Cl)(Br)Br. The molecule has 0 rings (SSSR count). The van der Waals surface area contributed by atoms with Crippen molar-refractivity contribution >= 4 is 43.5 Å². The minimum atomic E-state index is -5.45. The molecule has 0 aliphatic heterocycles. The maximum atomic E-state index is 12.3. The Balaban J connectivity index is 4.44. The average molecular weight is 342 g/mol. The molecule has 0 aliphatic rings. The highest BCUT2D eigenvalue weighted by Crippen LogP contribution is 2.48. The standard InChI is InChI=1S/C3Br2ClF5O/c4-1(5,6)2(7,8)12-3(9,10)11. The quantitative estimate of drug-likeness (QED) is 0.548. The van der Waals surface area contributed by atoms with Crippen LogP contribution in [0.5, 0.6) is 0 Å². The third kappa shape index (κ3) is 4.20. The predicted octanol–water partition coefficient (Wildman–Crippen LogP) is 3.80. The van der Waals surface area contributed by atoms with E-state index in [4.69, 9.17) is 11.6 Å². The van der Waals surface area contributed by atoms with E-state index in [-0.39, 0.29) is 0 Å². The van der Waals surface area contributed by atoms with Crippen molar-refractivity contribution in [2.24, 2.45) is 0 Å². The number of alkyl halides is 8. The zero-order chi connectivity index (χ0) is 10.2. The highest BCUT2D eigenvalue weighted by molar-refractivity contribution is 9.26. The Hall–Kier alpha value is 0.860. The lowest BCUT2D eigenvalue weighted by Gasteiger charge is -2.24. The van der Waals surface area contributed by atoms with Crippen molar-refractivity contribution in [2.75, 3.05) is 0 Å². The lowest BCUT2D eigenvalue weighted by Crippen LogP contribution is -2.40. The first-order valence-electron chi connectivity index (χ1n) is 2.17. The van der Waals surface area contributed by atoms with Crippen LogP contribution in [0.15, 0.2) is 0 Å². The predicted molar refractivity (Wildman–Crippen MR) is 38.5 cm³/mol. The molecule has 0 atom stereocenters. The zero-order valence-corrected chi connectivity index (χ0v) is 8.86. The molecule has 1 nitrogen and oxygen atoms in total. The summed E-state index contributed by atoms with van der Waals surface area (Å²) in [6.07, 6.45) is -10.1. The van der Waals surface area contributed by atoms with Crippen LogP contribution in [-0.2, 0) is 4.74 Å². The molecule has 0 saturated carbocycles. The fraction of sp³-hybridized carbons (Fsp3) is 1.00. The highest BCUT2D eigenvalue weighted by Gasteiger charge is 2.57. The van der Waals surface area contributed by atoms with E-state index in [0.29, 0.717) is 0 Å². The average Bonchev–Trinajstić information content (AvgIpc) is 1.52. The molecule has 0 aromatic heterocycles. The van der Waals surface area contributed by atoms with Gasteiger partial charge < -0.3 is 0 Å². The van der Waals surface area contributed by atoms with Gasteiger partial charge in [0.25, 0.3) is 0 Å². The van der Waals surface area contributed by atoms with Gasteiger partial charge in [0.15, 0.2) is 0 Å². The monoisotopic (exact) mass is 340 g/mol. The van der Waals surface area contributed by atoms with Crippen LogP contribution in [0.4, 0.5) is 22.0 Å². The Kier molecular flexibility index (Phi) is 3.80. The molecule has 0 fully saturated rings. The van der Waals surface area contributed by atoms with Gasteiger partial charge in [0.05, 0.1) is 0 Å². The summed E-state index contributed by atoms with van der Waals surface area (Å²) in [5.74, 6) is 0. The van der Waals surface area contributed by atoms with Crippen molar-refractivity contribution in [3.63, 3.8) is 0 Å². The van der Waals surface area contributed by atoms with Crippen LogP contribution in [-0.4, -0.2) is 15.2 Å².